The van der Waals surface area contributed by atoms with Gasteiger partial charge in [-0.05, 0) is 42.5 Å². The summed E-state index contributed by atoms with van der Waals surface area (Å²) in [6.07, 6.45) is 3.13. The van der Waals surface area contributed by atoms with Crippen LogP contribution in [0.15, 0.2) is 24.3 Å². The zero-order valence-corrected chi connectivity index (χ0v) is 12.3. The number of fused-ring (bicyclic) bond motifs is 3. The summed E-state index contributed by atoms with van der Waals surface area (Å²) in [5.74, 6) is 0.0399. The molecule has 0 fully saturated rings. The molecule has 3 nitrogen and oxygen atoms in total. The van der Waals surface area contributed by atoms with Crippen molar-refractivity contribution < 1.29 is 4.79 Å². The molecule has 1 aromatic carbocycles. The number of amides is 1. The first-order valence-corrected chi connectivity index (χ1v) is 7.89. The molecule has 2 aliphatic rings. The van der Waals surface area contributed by atoms with Crippen LogP contribution in [0.1, 0.15) is 38.9 Å². The van der Waals surface area contributed by atoms with Gasteiger partial charge in [-0.3, -0.25) is 4.79 Å². The lowest BCUT2D eigenvalue weighted by molar-refractivity contribution is 0.0935. The Morgan fingerprint density at radius 1 is 1.15 bits per heavy atom. The monoisotopic (exact) mass is 304 g/mol. The van der Waals surface area contributed by atoms with Crippen molar-refractivity contribution in [3.63, 3.8) is 0 Å². The van der Waals surface area contributed by atoms with Crippen LogP contribution in [-0.4, -0.2) is 5.91 Å². The highest BCUT2D eigenvalue weighted by Gasteiger charge is 2.32. The number of benzene rings is 1. The van der Waals surface area contributed by atoms with E-state index in [1.165, 1.54) is 16.9 Å². The Labute approximate surface area is 126 Å². The first-order chi connectivity index (χ1) is 9.72. The first kappa shape index (κ1) is 12.2. The topological polar surface area (TPSA) is 41.1 Å². The van der Waals surface area contributed by atoms with E-state index in [2.05, 4.69) is 10.6 Å². The van der Waals surface area contributed by atoms with Crippen molar-refractivity contribution in [2.45, 2.75) is 25.4 Å². The second-order valence-electron chi connectivity index (χ2n) is 5.16. The van der Waals surface area contributed by atoms with E-state index in [1.54, 1.807) is 11.3 Å². The number of thiophene rings is 1. The average Bonchev–Trinajstić information content (AvgIpc) is 2.99. The van der Waals surface area contributed by atoms with Gasteiger partial charge in [-0.1, -0.05) is 23.7 Å². The lowest BCUT2D eigenvalue weighted by atomic mass is 10.1. The van der Waals surface area contributed by atoms with Crippen LogP contribution in [0.25, 0.3) is 0 Å². The second-order valence-corrected chi connectivity index (χ2v) is 6.71. The fraction of sp³-hybridized carbons (Fsp3) is 0.267. The van der Waals surface area contributed by atoms with Gasteiger partial charge >= 0.3 is 0 Å². The molecular formula is C15H13ClN2OS. The summed E-state index contributed by atoms with van der Waals surface area (Å²) in [6, 6.07) is 7.56. The average molecular weight is 305 g/mol. The lowest BCUT2D eigenvalue weighted by Gasteiger charge is -2.26. The van der Waals surface area contributed by atoms with Crippen molar-refractivity contribution >= 4 is 33.8 Å². The summed E-state index contributed by atoms with van der Waals surface area (Å²) >= 11 is 7.64. The molecule has 0 saturated heterocycles. The molecular weight excluding hydrogens is 292 g/mol. The molecule has 20 heavy (non-hydrogen) atoms. The number of carbonyl (C=O) groups is 1. The van der Waals surface area contributed by atoms with Gasteiger partial charge in [-0.25, -0.2) is 0 Å². The van der Waals surface area contributed by atoms with E-state index in [0.29, 0.717) is 5.02 Å². The van der Waals surface area contributed by atoms with Crippen molar-refractivity contribution in [1.82, 2.24) is 5.32 Å². The molecule has 1 atom stereocenters. The molecule has 0 saturated carbocycles. The summed E-state index contributed by atoms with van der Waals surface area (Å²) in [5.41, 5.74) is 3.14. The SMILES string of the molecule is O=C1N[C@H](c2ccc(Cl)cc2)Nc2sc3c(c21)CCC3. The van der Waals surface area contributed by atoms with Crippen LogP contribution >= 0.6 is 22.9 Å². The van der Waals surface area contributed by atoms with Gasteiger partial charge in [0, 0.05) is 9.90 Å². The first-order valence-electron chi connectivity index (χ1n) is 6.70. The minimum absolute atomic E-state index is 0.0399. The second kappa shape index (κ2) is 4.50. The van der Waals surface area contributed by atoms with Crippen LogP contribution in [0.3, 0.4) is 0 Å². The Bertz CT molecular complexity index is 693. The van der Waals surface area contributed by atoms with Gasteiger partial charge in [0.1, 0.15) is 11.2 Å². The number of anilines is 1. The molecule has 2 N–H and O–H groups in total. The normalized spacial score (nSPS) is 20.1. The van der Waals surface area contributed by atoms with Crippen molar-refractivity contribution in [1.29, 1.82) is 0 Å². The van der Waals surface area contributed by atoms with E-state index in [0.717, 1.165) is 29.0 Å². The molecule has 1 aliphatic carbocycles. The highest BCUT2D eigenvalue weighted by atomic mass is 35.5. The van der Waals surface area contributed by atoms with Crippen molar-refractivity contribution in [3.05, 3.63) is 50.9 Å². The predicted octanol–water partition coefficient (Wildman–Crippen LogP) is 3.74. The minimum atomic E-state index is -0.175. The molecule has 0 unspecified atom stereocenters. The maximum absolute atomic E-state index is 12.4. The molecule has 2 aromatic rings. The van der Waals surface area contributed by atoms with Crippen LogP contribution in [-0.2, 0) is 12.8 Å². The lowest BCUT2D eigenvalue weighted by Crippen LogP contribution is -2.38. The fourth-order valence-corrected chi connectivity index (χ4v) is 4.38. The number of hydrogen-bond acceptors (Lipinski definition) is 3. The zero-order valence-electron chi connectivity index (χ0n) is 10.7. The third-order valence-corrected chi connectivity index (χ3v) is 5.38. The van der Waals surface area contributed by atoms with Crippen LogP contribution in [0, 0.1) is 0 Å². The maximum Gasteiger partial charge on any atom is 0.256 e. The Morgan fingerprint density at radius 3 is 2.75 bits per heavy atom. The minimum Gasteiger partial charge on any atom is -0.353 e. The number of halogens is 1. The third-order valence-electron chi connectivity index (χ3n) is 3.90. The highest BCUT2D eigenvalue weighted by Crippen LogP contribution is 2.42. The maximum atomic E-state index is 12.4. The number of aryl methyl sites for hydroxylation is 1. The highest BCUT2D eigenvalue weighted by molar-refractivity contribution is 7.16. The van der Waals surface area contributed by atoms with Crippen LogP contribution in [0.2, 0.25) is 5.02 Å². The van der Waals surface area contributed by atoms with Gasteiger partial charge in [-0.15, -0.1) is 11.3 Å². The van der Waals surface area contributed by atoms with E-state index in [4.69, 9.17) is 11.6 Å². The van der Waals surface area contributed by atoms with Crippen molar-refractivity contribution in [2.24, 2.45) is 0 Å². The Hall–Kier alpha value is -1.52. The molecule has 2 heterocycles. The van der Waals surface area contributed by atoms with E-state index in [9.17, 15) is 4.79 Å². The van der Waals surface area contributed by atoms with Crippen molar-refractivity contribution in [2.75, 3.05) is 5.32 Å². The number of hydrogen-bond donors (Lipinski definition) is 2. The summed E-state index contributed by atoms with van der Waals surface area (Å²) in [7, 11) is 0. The zero-order chi connectivity index (χ0) is 13.7. The molecule has 0 radical (unpaired) electrons. The summed E-state index contributed by atoms with van der Waals surface area (Å²) in [6.45, 7) is 0. The molecule has 0 bridgehead atoms. The fourth-order valence-electron chi connectivity index (χ4n) is 2.94. The molecule has 1 amide bonds. The quantitative estimate of drug-likeness (QED) is 0.842. The summed E-state index contributed by atoms with van der Waals surface area (Å²) < 4.78 is 0. The van der Waals surface area contributed by atoms with Crippen molar-refractivity contribution in [3.8, 4) is 0 Å². The van der Waals surface area contributed by atoms with Crippen LogP contribution in [0.5, 0.6) is 0 Å². The molecule has 0 spiro atoms. The van der Waals surface area contributed by atoms with E-state index in [1.807, 2.05) is 24.3 Å². The standard InChI is InChI=1S/C15H13ClN2OS/c16-9-6-4-8(5-7-9)13-17-14(19)12-10-2-1-3-11(10)20-15(12)18-13/h4-7,13,18H,1-3H2,(H,17,19)/t13-/m0/s1. The third kappa shape index (κ3) is 1.83. The van der Waals surface area contributed by atoms with E-state index in [-0.39, 0.29) is 12.1 Å². The van der Waals surface area contributed by atoms with E-state index >= 15 is 0 Å². The Morgan fingerprint density at radius 2 is 1.95 bits per heavy atom. The van der Waals surface area contributed by atoms with Crippen LogP contribution in [0.4, 0.5) is 5.00 Å². The summed E-state index contributed by atoms with van der Waals surface area (Å²) in [4.78, 5) is 13.8. The van der Waals surface area contributed by atoms with Gasteiger partial charge in [0.25, 0.3) is 5.91 Å². The van der Waals surface area contributed by atoms with Gasteiger partial charge in [0.15, 0.2) is 0 Å². The van der Waals surface area contributed by atoms with Gasteiger partial charge in [-0.2, -0.15) is 0 Å². The molecule has 1 aliphatic heterocycles. The number of carbonyl (C=O) groups excluding carboxylic acids is 1. The number of rotatable bonds is 1. The van der Waals surface area contributed by atoms with Crippen LogP contribution < -0.4 is 10.6 Å². The Balaban J connectivity index is 1.71. The van der Waals surface area contributed by atoms with Gasteiger partial charge in [0.05, 0.1) is 5.56 Å². The van der Waals surface area contributed by atoms with E-state index < -0.39 is 0 Å². The molecule has 102 valence electrons. The van der Waals surface area contributed by atoms with Gasteiger partial charge in [0.2, 0.25) is 0 Å². The largest absolute Gasteiger partial charge is 0.353 e. The molecule has 4 rings (SSSR count). The Kier molecular flexibility index (Phi) is 2.75. The molecule has 1 aromatic heterocycles. The predicted molar refractivity (Wildman–Crippen MR) is 81.6 cm³/mol. The number of nitrogens with one attached hydrogen (secondary N) is 2. The smallest absolute Gasteiger partial charge is 0.256 e. The molecule has 5 heteroatoms. The summed E-state index contributed by atoms with van der Waals surface area (Å²) in [5, 5.41) is 8.19. The van der Waals surface area contributed by atoms with Gasteiger partial charge < -0.3 is 10.6 Å².